The maximum absolute atomic E-state index is 6.76. The molecule has 0 aliphatic rings. The van der Waals surface area contributed by atoms with E-state index in [1.807, 2.05) is 84.9 Å². The average molecular weight is 309 g/mol. The van der Waals surface area contributed by atoms with Crippen LogP contribution < -0.4 is 29.5 Å². The van der Waals surface area contributed by atoms with Crippen LogP contribution >= 0.6 is 7.37 Å². The molecule has 23 heavy (non-hydrogen) atoms. The van der Waals surface area contributed by atoms with Gasteiger partial charge in [-0.25, -0.2) is 4.52 Å². The molecule has 3 aromatic carbocycles. The van der Waals surface area contributed by atoms with Gasteiger partial charge in [0, 0.05) is 0 Å². The third-order valence-electron chi connectivity index (χ3n) is 3.48. The first-order valence-electron chi connectivity index (χ1n) is 7.18. The molecule has 3 aromatic rings. The van der Waals surface area contributed by atoms with E-state index in [1.165, 1.54) is 0 Å². The quantitative estimate of drug-likeness (QED) is 0.382. The molecule has 0 amide bonds. The van der Waals surface area contributed by atoms with E-state index in [4.69, 9.17) is 12.1 Å². The summed E-state index contributed by atoms with van der Waals surface area (Å²) in [7, 11) is 4.40. The van der Waals surface area contributed by atoms with E-state index in [1.54, 1.807) is 0 Å². The van der Waals surface area contributed by atoms with Crippen molar-refractivity contribution in [1.29, 1.82) is 0 Å². The SMILES string of the molecule is [B][P+](OCc1[c-]cccc1)(c1ccccc1)c1ccccc1.[Li+]. The minimum Gasteiger partial charge on any atom is -0.244 e. The van der Waals surface area contributed by atoms with Gasteiger partial charge in [-0.1, -0.05) is 36.4 Å². The van der Waals surface area contributed by atoms with E-state index < -0.39 is 7.37 Å². The standard InChI is InChI=1S/C19H16BOP.Li/c20-22(18-12-6-2-7-13-18,19-14-8-3-9-15-19)21-16-17-10-4-1-5-11-17;/h1-10,12-15H,16H2;/q;+1. The maximum Gasteiger partial charge on any atom is 1.00 e. The zero-order valence-corrected chi connectivity index (χ0v) is 14.1. The zero-order valence-electron chi connectivity index (χ0n) is 13.2. The minimum atomic E-state index is -2.36. The predicted octanol–water partition coefficient (Wildman–Crippen LogP) is 0.674. The first-order valence-corrected chi connectivity index (χ1v) is 8.95. The van der Waals surface area contributed by atoms with Gasteiger partial charge in [-0.2, -0.15) is 30.3 Å². The van der Waals surface area contributed by atoms with Gasteiger partial charge in [0.15, 0.2) is 7.37 Å². The van der Waals surface area contributed by atoms with Crippen LogP contribution in [0.15, 0.2) is 84.9 Å². The van der Waals surface area contributed by atoms with Crippen molar-refractivity contribution in [2.75, 3.05) is 0 Å². The fraction of sp³-hybridized carbons (Fsp3) is 0.0526. The van der Waals surface area contributed by atoms with Crippen LogP contribution in [0.5, 0.6) is 0 Å². The molecule has 106 valence electrons. The second-order valence-electron chi connectivity index (χ2n) is 4.99. The molecule has 1 nitrogen and oxygen atoms in total. The Morgan fingerprint density at radius 1 is 0.783 bits per heavy atom. The summed E-state index contributed by atoms with van der Waals surface area (Å²) in [5.74, 6) is 0. The molecule has 0 heterocycles. The maximum atomic E-state index is 6.76. The summed E-state index contributed by atoms with van der Waals surface area (Å²) in [6.45, 7) is 0.453. The molecule has 0 aliphatic carbocycles. The molecular formula is C19H16BLiOP+. The van der Waals surface area contributed by atoms with Gasteiger partial charge in [-0.3, -0.25) is 0 Å². The molecule has 0 aromatic heterocycles. The smallest absolute Gasteiger partial charge is 0.244 e. The Bertz CT molecular complexity index is 668. The van der Waals surface area contributed by atoms with Gasteiger partial charge in [-0.05, 0) is 24.3 Å². The summed E-state index contributed by atoms with van der Waals surface area (Å²) in [6.07, 6.45) is 0. The number of benzene rings is 3. The molecule has 0 saturated heterocycles. The van der Waals surface area contributed by atoms with Crippen LogP contribution in [0.4, 0.5) is 0 Å². The van der Waals surface area contributed by atoms with Crippen molar-refractivity contribution in [2.24, 2.45) is 0 Å². The normalized spacial score (nSPS) is 10.8. The topological polar surface area (TPSA) is 9.23 Å². The van der Waals surface area contributed by atoms with E-state index >= 15 is 0 Å². The van der Waals surface area contributed by atoms with Crippen LogP contribution in [0.25, 0.3) is 0 Å². The molecule has 0 saturated carbocycles. The predicted molar refractivity (Wildman–Crippen MR) is 94.9 cm³/mol. The molecule has 0 spiro atoms. The van der Waals surface area contributed by atoms with Gasteiger partial charge in [0.2, 0.25) is 0 Å². The fourth-order valence-electron chi connectivity index (χ4n) is 2.29. The average Bonchev–Trinajstić information content (AvgIpc) is 2.62. The van der Waals surface area contributed by atoms with Crippen molar-refractivity contribution in [2.45, 2.75) is 6.61 Å². The van der Waals surface area contributed by atoms with Gasteiger partial charge in [0.05, 0.1) is 6.61 Å². The van der Waals surface area contributed by atoms with Gasteiger partial charge in [-0.15, -0.1) is 5.56 Å². The third kappa shape index (κ3) is 4.38. The second kappa shape index (κ2) is 8.53. The van der Waals surface area contributed by atoms with E-state index in [0.717, 1.165) is 16.2 Å². The molecule has 0 atom stereocenters. The van der Waals surface area contributed by atoms with Crippen LogP contribution in [0.1, 0.15) is 5.56 Å². The van der Waals surface area contributed by atoms with Crippen LogP contribution in [-0.4, -0.2) is 7.57 Å². The summed E-state index contributed by atoms with van der Waals surface area (Å²) >= 11 is 0. The third-order valence-corrected chi connectivity index (χ3v) is 6.14. The molecular weight excluding hydrogens is 293 g/mol. The minimum absolute atomic E-state index is 0. The zero-order chi connectivity index (χ0) is 15.3. The van der Waals surface area contributed by atoms with Gasteiger partial charge in [0.1, 0.15) is 10.6 Å². The molecule has 2 radical (unpaired) electrons. The van der Waals surface area contributed by atoms with E-state index in [-0.39, 0.29) is 18.9 Å². The van der Waals surface area contributed by atoms with E-state index in [2.05, 4.69) is 6.07 Å². The van der Waals surface area contributed by atoms with Crippen molar-refractivity contribution in [1.82, 2.24) is 0 Å². The van der Waals surface area contributed by atoms with E-state index in [9.17, 15) is 0 Å². The van der Waals surface area contributed by atoms with Crippen molar-refractivity contribution >= 4 is 25.5 Å². The van der Waals surface area contributed by atoms with Crippen LogP contribution in [-0.2, 0) is 11.1 Å². The summed E-state index contributed by atoms with van der Waals surface area (Å²) in [4.78, 5) is 0. The first kappa shape index (κ1) is 18.1. The molecule has 3 rings (SSSR count). The van der Waals surface area contributed by atoms with Crippen LogP contribution in [0.2, 0.25) is 0 Å². The molecule has 0 aliphatic heterocycles. The van der Waals surface area contributed by atoms with Crippen LogP contribution in [0, 0.1) is 6.07 Å². The van der Waals surface area contributed by atoms with Gasteiger partial charge < -0.3 is 0 Å². The monoisotopic (exact) mass is 309 g/mol. The number of rotatable bonds is 5. The number of hydrogen-bond donors (Lipinski definition) is 0. The Morgan fingerprint density at radius 2 is 1.30 bits per heavy atom. The molecule has 0 bridgehead atoms. The second-order valence-corrected chi connectivity index (χ2v) is 7.60. The summed E-state index contributed by atoms with van der Waals surface area (Å²) in [5.41, 5.74) is 1.00. The Kier molecular flexibility index (Phi) is 6.70. The molecule has 0 N–H and O–H groups in total. The fourth-order valence-corrected chi connectivity index (χ4v) is 4.46. The summed E-state index contributed by atoms with van der Waals surface area (Å²) in [6, 6.07) is 31.1. The molecule has 0 fully saturated rings. The summed E-state index contributed by atoms with van der Waals surface area (Å²) < 4.78 is 6.25. The Morgan fingerprint density at radius 3 is 1.78 bits per heavy atom. The Hall–Kier alpha value is -1.29. The van der Waals surface area contributed by atoms with Crippen molar-refractivity contribution in [3.05, 3.63) is 96.6 Å². The Balaban J connectivity index is 0.00000192. The van der Waals surface area contributed by atoms with Crippen molar-refractivity contribution in [3.8, 4) is 0 Å². The van der Waals surface area contributed by atoms with Gasteiger partial charge >= 0.3 is 26.4 Å². The van der Waals surface area contributed by atoms with Crippen LogP contribution in [0.3, 0.4) is 0 Å². The van der Waals surface area contributed by atoms with Crippen molar-refractivity contribution in [3.63, 3.8) is 0 Å². The Labute approximate surface area is 152 Å². The largest absolute Gasteiger partial charge is 1.00 e. The first-order chi connectivity index (χ1) is 10.8. The molecule has 0 unspecified atom stereocenters. The number of hydrogen-bond acceptors (Lipinski definition) is 1. The summed E-state index contributed by atoms with van der Waals surface area (Å²) in [5, 5.41) is 2.08. The van der Waals surface area contributed by atoms with Gasteiger partial charge in [0.25, 0.3) is 0 Å². The van der Waals surface area contributed by atoms with E-state index in [0.29, 0.717) is 6.61 Å². The van der Waals surface area contributed by atoms with Crippen molar-refractivity contribution < 1.29 is 23.4 Å². The molecule has 4 heteroatoms.